The lowest BCUT2D eigenvalue weighted by molar-refractivity contribution is -0.137. The second-order valence-electron chi connectivity index (χ2n) is 7.15. The molecule has 0 radical (unpaired) electrons. The highest BCUT2D eigenvalue weighted by atomic mass is 16.5. The molecular formula is C20H28N4O4. The third-order valence-corrected chi connectivity index (χ3v) is 5.28. The molecule has 3 amide bonds. The van der Waals surface area contributed by atoms with Crippen LogP contribution in [0, 0.1) is 0 Å². The van der Waals surface area contributed by atoms with E-state index in [0.717, 1.165) is 6.42 Å². The molecule has 0 aliphatic carbocycles. The molecule has 2 aliphatic heterocycles. The van der Waals surface area contributed by atoms with Crippen molar-refractivity contribution in [1.29, 1.82) is 0 Å². The topological polar surface area (TPSA) is 96.2 Å². The zero-order valence-corrected chi connectivity index (χ0v) is 16.3. The number of amides is 3. The smallest absolute Gasteiger partial charge is 0.258 e. The lowest BCUT2D eigenvalue weighted by Crippen LogP contribution is -2.55. The lowest BCUT2D eigenvalue weighted by Gasteiger charge is -2.37. The molecule has 0 saturated carbocycles. The van der Waals surface area contributed by atoms with Crippen molar-refractivity contribution in [2.45, 2.75) is 25.8 Å². The second kappa shape index (κ2) is 9.05. The molecule has 2 N–H and O–H groups in total. The lowest BCUT2D eigenvalue weighted by atomic mass is 10.1. The minimum Gasteiger partial charge on any atom is -0.493 e. The number of para-hydroxylation sites is 1. The maximum Gasteiger partial charge on any atom is 0.258 e. The number of hydrogen-bond donors (Lipinski definition) is 1. The zero-order valence-electron chi connectivity index (χ0n) is 16.3. The van der Waals surface area contributed by atoms with E-state index < -0.39 is 6.04 Å². The highest BCUT2D eigenvalue weighted by molar-refractivity contribution is 6.00. The number of ether oxygens (including phenoxy) is 1. The van der Waals surface area contributed by atoms with Gasteiger partial charge in [-0.2, -0.15) is 0 Å². The van der Waals surface area contributed by atoms with Crippen molar-refractivity contribution in [2.24, 2.45) is 5.73 Å². The first-order valence-corrected chi connectivity index (χ1v) is 9.83. The molecule has 0 aromatic heterocycles. The van der Waals surface area contributed by atoms with Crippen molar-refractivity contribution in [3.8, 4) is 5.75 Å². The van der Waals surface area contributed by atoms with Gasteiger partial charge in [0.25, 0.3) is 5.91 Å². The van der Waals surface area contributed by atoms with Crippen LogP contribution in [-0.4, -0.2) is 84.3 Å². The number of carbonyl (C=O) groups is 3. The molecule has 1 aromatic carbocycles. The first-order chi connectivity index (χ1) is 13.5. The van der Waals surface area contributed by atoms with E-state index in [-0.39, 0.29) is 24.3 Å². The van der Waals surface area contributed by atoms with Crippen LogP contribution >= 0.6 is 0 Å². The standard InChI is InChI=1S/C20H28N4O4/c1-2-28-17-8-4-3-6-15(17)19(26)24-9-5-7-16(24)20(27)23-12-10-22(11-13-23)14-18(21)25/h3-4,6,8,16H,2,5,7,9-14H2,1H3,(H2,21,25). The number of likely N-dealkylation sites (tertiary alicyclic amines) is 1. The Balaban J connectivity index is 1.67. The maximum absolute atomic E-state index is 13.1. The van der Waals surface area contributed by atoms with Gasteiger partial charge in [-0.05, 0) is 31.9 Å². The summed E-state index contributed by atoms with van der Waals surface area (Å²) >= 11 is 0. The Morgan fingerprint density at radius 1 is 1.11 bits per heavy atom. The van der Waals surface area contributed by atoms with Gasteiger partial charge in [0.2, 0.25) is 11.8 Å². The molecule has 8 nitrogen and oxygen atoms in total. The molecule has 28 heavy (non-hydrogen) atoms. The second-order valence-corrected chi connectivity index (χ2v) is 7.15. The maximum atomic E-state index is 13.1. The number of benzene rings is 1. The predicted octanol–water partition coefficient (Wildman–Crippen LogP) is 0.319. The molecule has 2 heterocycles. The molecule has 0 spiro atoms. The molecule has 1 aromatic rings. The first kappa shape index (κ1) is 20.1. The van der Waals surface area contributed by atoms with E-state index in [0.29, 0.717) is 57.1 Å². The van der Waals surface area contributed by atoms with E-state index in [1.807, 2.05) is 17.9 Å². The van der Waals surface area contributed by atoms with Crippen molar-refractivity contribution in [2.75, 3.05) is 45.9 Å². The summed E-state index contributed by atoms with van der Waals surface area (Å²) in [6, 6.07) is 6.72. The Hall–Kier alpha value is -2.61. The van der Waals surface area contributed by atoms with Gasteiger partial charge in [-0.15, -0.1) is 0 Å². The minimum atomic E-state index is -0.440. The summed E-state index contributed by atoms with van der Waals surface area (Å²) in [4.78, 5) is 42.7. The number of carbonyl (C=O) groups excluding carboxylic acids is 3. The van der Waals surface area contributed by atoms with Crippen molar-refractivity contribution in [3.05, 3.63) is 29.8 Å². The van der Waals surface area contributed by atoms with Crippen molar-refractivity contribution in [3.63, 3.8) is 0 Å². The average molecular weight is 388 g/mol. The van der Waals surface area contributed by atoms with Crippen LogP contribution < -0.4 is 10.5 Å². The van der Waals surface area contributed by atoms with Gasteiger partial charge in [0, 0.05) is 32.7 Å². The molecular weight excluding hydrogens is 360 g/mol. The summed E-state index contributed by atoms with van der Waals surface area (Å²) in [6.45, 7) is 5.44. The number of nitrogens with zero attached hydrogens (tertiary/aromatic N) is 3. The summed E-state index contributed by atoms with van der Waals surface area (Å²) < 4.78 is 5.59. The van der Waals surface area contributed by atoms with Gasteiger partial charge in [-0.1, -0.05) is 12.1 Å². The highest BCUT2D eigenvalue weighted by Gasteiger charge is 2.38. The molecule has 3 rings (SSSR count). The molecule has 2 fully saturated rings. The SMILES string of the molecule is CCOc1ccccc1C(=O)N1CCCC1C(=O)N1CCN(CC(N)=O)CC1. The first-order valence-electron chi connectivity index (χ1n) is 9.83. The number of nitrogens with two attached hydrogens (primary N) is 1. The fourth-order valence-electron chi connectivity index (χ4n) is 3.90. The molecule has 1 atom stereocenters. The quantitative estimate of drug-likeness (QED) is 0.757. The number of primary amides is 1. The summed E-state index contributed by atoms with van der Waals surface area (Å²) in [7, 11) is 0. The van der Waals surface area contributed by atoms with Gasteiger partial charge >= 0.3 is 0 Å². The van der Waals surface area contributed by atoms with Crippen molar-refractivity contribution < 1.29 is 19.1 Å². The highest BCUT2D eigenvalue weighted by Crippen LogP contribution is 2.26. The van der Waals surface area contributed by atoms with Crippen LogP contribution in [0.5, 0.6) is 5.75 Å². The van der Waals surface area contributed by atoms with E-state index in [9.17, 15) is 14.4 Å². The van der Waals surface area contributed by atoms with Gasteiger partial charge in [-0.3, -0.25) is 19.3 Å². The fraction of sp³-hybridized carbons (Fsp3) is 0.550. The summed E-state index contributed by atoms with van der Waals surface area (Å²) in [5.41, 5.74) is 5.74. The number of hydrogen-bond acceptors (Lipinski definition) is 5. The molecule has 152 valence electrons. The van der Waals surface area contributed by atoms with Gasteiger partial charge in [0.1, 0.15) is 11.8 Å². The van der Waals surface area contributed by atoms with Crippen LogP contribution in [0.3, 0.4) is 0 Å². The Labute approximate surface area is 165 Å². The van der Waals surface area contributed by atoms with Gasteiger partial charge in [0.05, 0.1) is 18.7 Å². The largest absolute Gasteiger partial charge is 0.493 e. The third-order valence-electron chi connectivity index (χ3n) is 5.28. The minimum absolute atomic E-state index is 0.0153. The van der Waals surface area contributed by atoms with Gasteiger partial charge < -0.3 is 20.3 Å². The van der Waals surface area contributed by atoms with Crippen LogP contribution in [0.2, 0.25) is 0 Å². The van der Waals surface area contributed by atoms with Crippen LogP contribution in [0.15, 0.2) is 24.3 Å². The Morgan fingerprint density at radius 2 is 1.82 bits per heavy atom. The van der Waals surface area contributed by atoms with Crippen LogP contribution in [0.1, 0.15) is 30.1 Å². The average Bonchev–Trinajstić information content (AvgIpc) is 3.17. The molecule has 8 heteroatoms. The van der Waals surface area contributed by atoms with Crippen LogP contribution in [-0.2, 0) is 9.59 Å². The predicted molar refractivity (Wildman–Crippen MR) is 104 cm³/mol. The van der Waals surface area contributed by atoms with Crippen LogP contribution in [0.25, 0.3) is 0 Å². The van der Waals surface area contributed by atoms with E-state index in [1.165, 1.54) is 0 Å². The summed E-state index contributed by atoms with van der Waals surface area (Å²) in [5.74, 6) is 0.0131. The molecule has 2 saturated heterocycles. The molecule has 1 unspecified atom stereocenters. The Morgan fingerprint density at radius 3 is 2.50 bits per heavy atom. The van der Waals surface area contributed by atoms with Gasteiger partial charge in [0.15, 0.2) is 0 Å². The molecule has 2 aliphatic rings. The van der Waals surface area contributed by atoms with Gasteiger partial charge in [-0.25, -0.2) is 0 Å². The van der Waals surface area contributed by atoms with E-state index >= 15 is 0 Å². The monoisotopic (exact) mass is 388 g/mol. The Bertz CT molecular complexity index is 731. The zero-order chi connectivity index (χ0) is 20.1. The van der Waals surface area contributed by atoms with E-state index in [1.54, 1.807) is 28.0 Å². The Kier molecular flexibility index (Phi) is 6.51. The normalized spacial score (nSPS) is 20.2. The van der Waals surface area contributed by atoms with Crippen molar-refractivity contribution >= 4 is 17.7 Å². The van der Waals surface area contributed by atoms with Crippen molar-refractivity contribution in [1.82, 2.24) is 14.7 Å². The van der Waals surface area contributed by atoms with E-state index in [4.69, 9.17) is 10.5 Å². The third kappa shape index (κ3) is 4.44. The molecule has 0 bridgehead atoms. The number of piperazine rings is 1. The summed E-state index contributed by atoms with van der Waals surface area (Å²) in [6.07, 6.45) is 1.48. The van der Waals surface area contributed by atoms with Crippen LogP contribution in [0.4, 0.5) is 0 Å². The van der Waals surface area contributed by atoms with E-state index in [2.05, 4.69) is 0 Å². The number of rotatable bonds is 6. The fourth-order valence-corrected chi connectivity index (χ4v) is 3.90. The summed E-state index contributed by atoms with van der Waals surface area (Å²) in [5, 5.41) is 0.